The molecule has 0 bridgehead atoms. The number of imide groups is 1. The zero-order chi connectivity index (χ0) is 21.3. The third kappa shape index (κ3) is 4.41. The van der Waals surface area contributed by atoms with Gasteiger partial charge in [0.05, 0.1) is 12.0 Å². The normalized spacial score (nSPS) is 19.1. The van der Waals surface area contributed by atoms with Gasteiger partial charge in [-0.15, -0.1) is 0 Å². The van der Waals surface area contributed by atoms with E-state index < -0.39 is 0 Å². The summed E-state index contributed by atoms with van der Waals surface area (Å²) in [5.74, 6) is -0.712. The maximum absolute atomic E-state index is 12.2. The minimum atomic E-state index is -0.276. The minimum absolute atomic E-state index is 0.0562. The molecule has 2 saturated heterocycles. The number of carbonyl (C=O) groups excluding carboxylic acids is 3. The van der Waals surface area contributed by atoms with Crippen LogP contribution in [0.2, 0.25) is 5.02 Å². The Kier molecular flexibility index (Phi) is 5.63. The van der Waals surface area contributed by atoms with Crippen molar-refractivity contribution in [1.82, 2.24) is 10.6 Å². The van der Waals surface area contributed by atoms with Crippen LogP contribution >= 0.6 is 11.6 Å². The van der Waals surface area contributed by atoms with Gasteiger partial charge in [0.1, 0.15) is 0 Å². The van der Waals surface area contributed by atoms with Gasteiger partial charge in [-0.25, -0.2) is 4.79 Å². The van der Waals surface area contributed by atoms with E-state index >= 15 is 0 Å². The molecule has 0 saturated carbocycles. The molecular weight excluding hydrogens is 404 g/mol. The second-order valence-electron chi connectivity index (χ2n) is 7.76. The highest BCUT2D eigenvalue weighted by molar-refractivity contribution is 6.31. The van der Waals surface area contributed by atoms with Gasteiger partial charge in [0.25, 0.3) is 0 Å². The van der Waals surface area contributed by atoms with E-state index in [1.165, 1.54) is 0 Å². The van der Waals surface area contributed by atoms with Crippen LogP contribution in [0.1, 0.15) is 29.9 Å². The standard InChI is InChI=1S/C22H23ClN4O3/c1-13-2-5-15(10-19(13)23)24-22(30)25-16-11-27(12-16)17-6-3-14(4-7-17)18-8-9-20(28)26-21(18)29/h2-7,10,16,18H,8-9,11-12H2,1H3,(H2,24,25,30)(H,26,28,29)/t18-/m1/s1. The quantitative estimate of drug-likeness (QED) is 0.655. The Morgan fingerprint density at radius 3 is 2.53 bits per heavy atom. The van der Waals surface area contributed by atoms with E-state index in [9.17, 15) is 14.4 Å². The highest BCUT2D eigenvalue weighted by Gasteiger charge is 2.30. The topological polar surface area (TPSA) is 90.5 Å². The molecule has 3 N–H and O–H groups in total. The van der Waals surface area contributed by atoms with Gasteiger partial charge < -0.3 is 15.5 Å². The molecule has 0 aromatic heterocycles. The zero-order valence-electron chi connectivity index (χ0n) is 16.6. The molecule has 0 radical (unpaired) electrons. The molecule has 7 nitrogen and oxygen atoms in total. The SMILES string of the molecule is Cc1ccc(NC(=O)NC2CN(c3ccc([C@H]4CCC(=O)NC4=O)cc3)C2)cc1Cl. The monoisotopic (exact) mass is 426 g/mol. The number of benzene rings is 2. The Labute approximate surface area is 179 Å². The number of halogens is 1. The molecular formula is C22H23ClN4O3. The summed E-state index contributed by atoms with van der Waals surface area (Å²) in [5.41, 5.74) is 3.56. The molecule has 4 rings (SSSR count). The summed E-state index contributed by atoms with van der Waals surface area (Å²) in [4.78, 5) is 37.6. The summed E-state index contributed by atoms with van der Waals surface area (Å²) < 4.78 is 0. The number of nitrogens with zero attached hydrogens (tertiary/aromatic N) is 1. The fourth-order valence-electron chi connectivity index (χ4n) is 3.73. The summed E-state index contributed by atoms with van der Waals surface area (Å²) in [6, 6.07) is 13.0. The molecule has 30 heavy (non-hydrogen) atoms. The van der Waals surface area contributed by atoms with Crippen molar-refractivity contribution >= 4 is 40.8 Å². The molecule has 2 aliphatic rings. The second-order valence-corrected chi connectivity index (χ2v) is 8.17. The first-order valence-corrected chi connectivity index (χ1v) is 10.3. The molecule has 8 heteroatoms. The number of piperidine rings is 1. The summed E-state index contributed by atoms with van der Waals surface area (Å²) in [7, 11) is 0. The van der Waals surface area contributed by atoms with Crippen LogP contribution in [0, 0.1) is 6.92 Å². The lowest BCUT2D eigenvalue weighted by atomic mass is 9.90. The number of urea groups is 1. The predicted molar refractivity (Wildman–Crippen MR) is 116 cm³/mol. The molecule has 4 amide bonds. The van der Waals surface area contributed by atoms with Gasteiger partial charge in [-0.05, 0) is 48.7 Å². The minimum Gasteiger partial charge on any atom is -0.367 e. The maximum Gasteiger partial charge on any atom is 0.319 e. The fourth-order valence-corrected chi connectivity index (χ4v) is 3.91. The third-order valence-electron chi connectivity index (χ3n) is 5.55. The molecule has 2 fully saturated rings. The average molecular weight is 427 g/mol. The van der Waals surface area contributed by atoms with Crippen molar-refractivity contribution in [2.75, 3.05) is 23.3 Å². The van der Waals surface area contributed by atoms with Gasteiger partial charge in [-0.2, -0.15) is 0 Å². The number of anilines is 2. The second kappa shape index (κ2) is 8.36. The average Bonchev–Trinajstić information content (AvgIpc) is 2.68. The van der Waals surface area contributed by atoms with Crippen LogP contribution in [0.15, 0.2) is 42.5 Å². The number of hydrogen-bond donors (Lipinski definition) is 3. The van der Waals surface area contributed by atoms with Crippen LogP contribution < -0.4 is 20.9 Å². The van der Waals surface area contributed by atoms with E-state index in [0.717, 1.165) is 16.8 Å². The van der Waals surface area contributed by atoms with Crippen molar-refractivity contribution < 1.29 is 14.4 Å². The lowest BCUT2D eigenvalue weighted by Crippen LogP contribution is -2.60. The van der Waals surface area contributed by atoms with Crippen LogP contribution in [0.5, 0.6) is 0 Å². The van der Waals surface area contributed by atoms with Gasteiger partial charge in [0.2, 0.25) is 11.8 Å². The van der Waals surface area contributed by atoms with E-state index in [1.54, 1.807) is 6.07 Å². The first-order chi connectivity index (χ1) is 14.4. The Balaban J connectivity index is 1.27. The molecule has 2 aliphatic heterocycles. The fraction of sp³-hybridized carbons (Fsp3) is 0.318. The number of amides is 4. The summed E-state index contributed by atoms with van der Waals surface area (Å²) >= 11 is 6.09. The lowest BCUT2D eigenvalue weighted by Gasteiger charge is -2.41. The first kappa shape index (κ1) is 20.2. The van der Waals surface area contributed by atoms with Crippen molar-refractivity contribution in [1.29, 1.82) is 0 Å². The van der Waals surface area contributed by atoms with Crippen LogP contribution in [0.3, 0.4) is 0 Å². The van der Waals surface area contributed by atoms with E-state index in [0.29, 0.717) is 36.6 Å². The zero-order valence-corrected chi connectivity index (χ0v) is 17.3. The molecule has 2 heterocycles. The Bertz CT molecular complexity index is 986. The van der Waals surface area contributed by atoms with Gasteiger partial charge in [0.15, 0.2) is 0 Å². The molecule has 1 atom stereocenters. The van der Waals surface area contributed by atoms with Gasteiger partial charge in [-0.1, -0.05) is 29.8 Å². The van der Waals surface area contributed by atoms with Gasteiger partial charge in [-0.3, -0.25) is 14.9 Å². The highest BCUT2D eigenvalue weighted by atomic mass is 35.5. The largest absolute Gasteiger partial charge is 0.367 e. The molecule has 156 valence electrons. The van der Waals surface area contributed by atoms with E-state index in [-0.39, 0.29) is 29.8 Å². The van der Waals surface area contributed by atoms with Gasteiger partial charge in [0, 0.05) is 35.9 Å². The Morgan fingerprint density at radius 2 is 1.87 bits per heavy atom. The number of carbonyl (C=O) groups is 3. The van der Waals surface area contributed by atoms with Crippen molar-refractivity contribution in [2.24, 2.45) is 0 Å². The van der Waals surface area contributed by atoms with Crippen LogP contribution in [-0.4, -0.2) is 37.0 Å². The van der Waals surface area contributed by atoms with Crippen molar-refractivity contribution in [3.05, 3.63) is 58.6 Å². The van der Waals surface area contributed by atoms with Gasteiger partial charge >= 0.3 is 6.03 Å². The first-order valence-electron chi connectivity index (χ1n) is 9.91. The molecule has 2 aromatic carbocycles. The Hall–Kier alpha value is -3.06. The summed E-state index contributed by atoms with van der Waals surface area (Å²) in [6.45, 7) is 3.33. The highest BCUT2D eigenvalue weighted by Crippen LogP contribution is 2.28. The summed E-state index contributed by atoms with van der Waals surface area (Å²) in [6.07, 6.45) is 0.912. The maximum atomic E-state index is 12.2. The Morgan fingerprint density at radius 1 is 1.13 bits per heavy atom. The number of aryl methyl sites for hydroxylation is 1. The third-order valence-corrected chi connectivity index (χ3v) is 5.95. The number of nitrogens with one attached hydrogen (secondary N) is 3. The van der Waals surface area contributed by atoms with E-state index in [4.69, 9.17) is 11.6 Å². The lowest BCUT2D eigenvalue weighted by molar-refractivity contribution is -0.134. The van der Waals surface area contributed by atoms with Crippen LogP contribution in [0.4, 0.5) is 16.2 Å². The van der Waals surface area contributed by atoms with Crippen LogP contribution in [-0.2, 0) is 9.59 Å². The smallest absolute Gasteiger partial charge is 0.319 e. The molecule has 2 aromatic rings. The summed E-state index contributed by atoms with van der Waals surface area (Å²) in [5, 5.41) is 8.76. The van der Waals surface area contributed by atoms with E-state index in [2.05, 4.69) is 20.9 Å². The number of rotatable bonds is 4. The number of hydrogen-bond acceptors (Lipinski definition) is 4. The van der Waals surface area contributed by atoms with E-state index in [1.807, 2.05) is 43.3 Å². The van der Waals surface area contributed by atoms with Crippen molar-refractivity contribution in [2.45, 2.75) is 31.7 Å². The molecule has 0 aliphatic carbocycles. The van der Waals surface area contributed by atoms with Crippen LogP contribution in [0.25, 0.3) is 0 Å². The molecule has 0 unspecified atom stereocenters. The molecule has 0 spiro atoms. The van der Waals surface area contributed by atoms with Crippen molar-refractivity contribution in [3.8, 4) is 0 Å². The van der Waals surface area contributed by atoms with Crippen molar-refractivity contribution in [3.63, 3.8) is 0 Å². The predicted octanol–water partition coefficient (Wildman–Crippen LogP) is 3.18.